The van der Waals surface area contributed by atoms with Gasteiger partial charge in [0, 0.05) is 27.9 Å². The number of hydrogen-bond acceptors (Lipinski definition) is 1. The summed E-state index contributed by atoms with van der Waals surface area (Å²) in [5, 5.41) is 2.44. The minimum absolute atomic E-state index is 0.0165. The second-order valence-corrected chi connectivity index (χ2v) is 15.8. The van der Waals surface area contributed by atoms with Crippen molar-refractivity contribution in [3.63, 3.8) is 0 Å². The predicted octanol–water partition coefficient (Wildman–Crippen LogP) is 14.4. The molecule has 0 saturated heterocycles. The Morgan fingerprint density at radius 2 is 1.09 bits per heavy atom. The Kier molecular flexibility index (Phi) is 7.94. The van der Waals surface area contributed by atoms with Gasteiger partial charge in [-0.2, -0.15) is 0 Å². The third-order valence-electron chi connectivity index (χ3n) is 12.0. The molecule has 0 bridgehead atoms. The number of allylic oxidation sites excluding steroid dienone is 4. The number of anilines is 2. The second-order valence-electron chi connectivity index (χ2n) is 15.8. The Bertz CT molecular complexity index is 2680. The molecule has 0 amide bonds. The van der Waals surface area contributed by atoms with Crippen LogP contribution in [0.5, 0.6) is 0 Å². The standard InChI is InChI=1S/C53H45N/c1-7-40(28-23-35(2)38-27-32-50-47(34-38)45-18-11-12-21-48(45)52(50,3)4)54(42-31-24-36-15-8-9-16-39(36)33-42)41-29-25-37(26-30-41)43-19-14-20-46-44-17-10-13-22-49(44)53(5,6)51(43)46/h7-34H,2H2,1,3-6H3/b28-23-,40-7+. The second kappa shape index (κ2) is 12.7. The minimum Gasteiger partial charge on any atom is -0.311 e. The Morgan fingerprint density at radius 3 is 1.83 bits per heavy atom. The van der Waals surface area contributed by atoms with Gasteiger partial charge in [0.05, 0.1) is 0 Å². The van der Waals surface area contributed by atoms with E-state index in [0.29, 0.717) is 0 Å². The number of hydrogen-bond donors (Lipinski definition) is 0. The molecule has 2 aliphatic carbocycles. The molecule has 7 aromatic carbocycles. The first-order valence-corrected chi connectivity index (χ1v) is 19.1. The van der Waals surface area contributed by atoms with E-state index in [0.717, 1.165) is 28.2 Å². The summed E-state index contributed by atoms with van der Waals surface area (Å²) in [4.78, 5) is 2.36. The molecule has 0 aromatic heterocycles. The van der Waals surface area contributed by atoms with Gasteiger partial charge < -0.3 is 4.90 Å². The van der Waals surface area contributed by atoms with Gasteiger partial charge >= 0.3 is 0 Å². The van der Waals surface area contributed by atoms with Crippen molar-refractivity contribution in [3.05, 3.63) is 210 Å². The fourth-order valence-electron chi connectivity index (χ4n) is 9.14. The maximum Gasteiger partial charge on any atom is 0.0467 e. The van der Waals surface area contributed by atoms with E-state index in [2.05, 4.69) is 216 Å². The van der Waals surface area contributed by atoms with Crippen LogP contribution in [-0.4, -0.2) is 0 Å². The van der Waals surface area contributed by atoms with Gasteiger partial charge in [-0.25, -0.2) is 0 Å². The lowest BCUT2D eigenvalue weighted by atomic mass is 9.79. The van der Waals surface area contributed by atoms with E-state index in [9.17, 15) is 0 Å². The topological polar surface area (TPSA) is 3.24 Å². The molecule has 0 N–H and O–H groups in total. The number of benzene rings is 7. The van der Waals surface area contributed by atoms with Crippen LogP contribution in [0.1, 0.15) is 62.4 Å². The van der Waals surface area contributed by atoms with Crippen molar-refractivity contribution < 1.29 is 0 Å². The molecule has 54 heavy (non-hydrogen) atoms. The SMILES string of the molecule is C=C(/C=C\C(=C/C)N(c1ccc(-c2cccc3c2C(C)(C)c2ccccc2-3)cc1)c1ccc2ccccc2c1)c1ccc2c(c1)-c1ccccc1C2(C)C. The third-order valence-corrected chi connectivity index (χ3v) is 12.0. The zero-order valence-electron chi connectivity index (χ0n) is 31.8. The van der Waals surface area contributed by atoms with Crippen LogP contribution in [0.3, 0.4) is 0 Å². The van der Waals surface area contributed by atoms with Gasteiger partial charge in [0.2, 0.25) is 0 Å². The molecule has 0 radical (unpaired) electrons. The van der Waals surface area contributed by atoms with Crippen LogP contribution in [0.15, 0.2) is 182 Å². The summed E-state index contributed by atoms with van der Waals surface area (Å²) in [6, 6.07) is 55.7. The predicted molar refractivity (Wildman–Crippen MR) is 231 cm³/mol. The molecule has 7 aromatic rings. The van der Waals surface area contributed by atoms with Gasteiger partial charge in [0.1, 0.15) is 0 Å². The van der Waals surface area contributed by atoms with Gasteiger partial charge in [-0.05, 0) is 121 Å². The summed E-state index contributed by atoms with van der Waals surface area (Å²) < 4.78 is 0. The van der Waals surface area contributed by atoms with Crippen molar-refractivity contribution in [1.29, 1.82) is 0 Å². The summed E-state index contributed by atoms with van der Waals surface area (Å²) in [7, 11) is 0. The first-order chi connectivity index (χ1) is 26.2. The van der Waals surface area contributed by atoms with Gasteiger partial charge in [0.15, 0.2) is 0 Å². The molecule has 0 aliphatic heterocycles. The first-order valence-electron chi connectivity index (χ1n) is 19.1. The van der Waals surface area contributed by atoms with Gasteiger partial charge in [-0.1, -0.05) is 168 Å². The molecule has 0 fully saturated rings. The van der Waals surface area contributed by atoms with Crippen LogP contribution in [0.25, 0.3) is 49.7 Å². The molecule has 2 aliphatic rings. The quantitative estimate of drug-likeness (QED) is 0.150. The molecular weight excluding hydrogens is 651 g/mol. The Balaban J connectivity index is 1.08. The van der Waals surface area contributed by atoms with Crippen molar-refractivity contribution in [2.75, 3.05) is 4.90 Å². The molecular formula is C53H45N. The molecule has 0 saturated carbocycles. The summed E-state index contributed by atoms with van der Waals surface area (Å²) in [5.74, 6) is 0. The van der Waals surface area contributed by atoms with Crippen molar-refractivity contribution in [1.82, 2.24) is 0 Å². The number of rotatable bonds is 7. The number of nitrogens with zero attached hydrogens (tertiary/aromatic N) is 1. The summed E-state index contributed by atoms with van der Waals surface area (Å²) in [5.41, 5.74) is 18.7. The highest BCUT2D eigenvalue weighted by molar-refractivity contribution is 5.91. The molecule has 1 heteroatoms. The average Bonchev–Trinajstić information content (AvgIpc) is 3.59. The zero-order valence-corrected chi connectivity index (χ0v) is 31.8. The highest BCUT2D eigenvalue weighted by atomic mass is 15.1. The first kappa shape index (κ1) is 33.6. The highest BCUT2D eigenvalue weighted by Gasteiger charge is 2.37. The van der Waals surface area contributed by atoms with Crippen LogP contribution in [0, 0.1) is 0 Å². The fourth-order valence-corrected chi connectivity index (χ4v) is 9.14. The van der Waals surface area contributed by atoms with Crippen LogP contribution in [0.4, 0.5) is 11.4 Å². The van der Waals surface area contributed by atoms with Gasteiger partial charge in [-0.15, -0.1) is 0 Å². The highest BCUT2D eigenvalue weighted by Crippen LogP contribution is 2.52. The van der Waals surface area contributed by atoms with Crippen molar-refractivity contribution in [3.8, 4) is 33.4 Å². The summed E-state index contributed by atoms with van der Waals surface area (Å²) in [6.45, 7) is 16.0. The molecule has 0 heterocycles. The normalized spacial score (nSPS) is 14.8. The van der Waals surface area contributed by atoms with Crippen molar-refractivity contribution >= 4 is 27.7 Å². The largest absolute Gasteiger partial charge is 0.311 e. The monoisotopic (exact) mass is 695 g/mol. The lowest BCUT2D eigenvalue weighted by Gasteiger charge is -2.28. The van der Waals surface area contributed by atoms with Gasteiger partial charge in [0.25, 0.3) is 0 Å². The molecule has 1 nitrogen and oxygen atoms in total. The zero-order chi connectivity index (χ0) is 37.2. The Hall–Kier alpha value is -6.18. The lowest BCUT2D eigenvalue weighted by molar-refractivity contribution is 0.660. The average molecular weight is 696 g/mol. The van der Waals surface area contributed by atoms with Crippen molar-refractivity contribution in [2.24, 2.45) is 0 Å². The van der Waals surface area contributed by atoms with Gasteiger partial charge in [-0.3, -0.25) is 0 Å². The Labute approximate surface area is 320 Å². The maximum absolute atomic E-state index is 4.56. The maximum atomic E-state index is 4.56. The fraction of sp³-hybridized carbons (Fsp3) is 0.132. The molecule has 0 spiro atoms. The summed E-state index contributed by atoms with van der Waals surface area (Å²) >= 11 is 0. The van der Waals surface area contributed by atoms with E-state index in [4.69, 9.17) is 0 Å². The minimum atomic E-state index is -0.0813. The molecule has 0 atom stereocenters. The van der Waals surface area contributed by atoms with Crippen LogP contribution in [-0.2, 0) is 10.8 Å². The van der Waals surface area contributed by atoms with Crippen molar-refractivity contribution in [2.45, 2.75) is 45.4 Å². The van der Waals surface area contributed by atoms with Crippen LogP contribution < -0.4 is 4.90 Å². The molecule has 0 unspecified atom stereocenters. The third kappa shape index (κ3) is 5.30. The van der Waals surface area contributed by atoms with E-state index in [1.807, 2.05) is 0 Å². The van der Waals surface area contributed by atoms with Crippen LogP contribution >= 0.6 is 0 Å². The summed E-state index contributed by atoms with van der Waals surface area (Å²) in [6.07, 6.45) is 6.57. The Morgan fingerprint density at radius 1 is 0.500 bits per heavy atom. The number of fused-ring (bicyclic) bond motifs is 7. The lowest BCUT2D eigenvalue weighted by Crippen LogP contribution is -2.16. The van der Waals surface area contributed by atoms with E-state index in [1.165, 1.54) is 66.4 Å². The van der Waals surface area contributed by atoms with E-state index >= 15 is 0 Å². The van der Waals surface area contributed by atoms with E-state index < -0.39 is 0 Å². The molecule has 9 rings (SSSR count). The smallest absolute Gasteiger partial charge is 0.0467 e. The van der Waals surface area contributed by atoms with E-state index in [-0.39, 0.29) is 10.8 Å². The molecule has 262 valence electrons. The van der Waals surface area contributed by atoms with Crippen LogP contribution in [0.2, 0.25) is 0 Å². The van der Waals surface area contributed by atoms with E-state index in [1.54, 1.807) is 0 Å².